The fraction of sp³-hybridized carbons (Fsp3) is 0.262. The van der Waals surface area contributed by atoms with Gasteiger partial charge in [-0.05, 0) is 84.6 Å². The highest BCUT2D eigenvalue weighted by Gasteiger charge is 2.53. The van der Waals surface area contributed by atoms with Gasteiger partial charge >= 0.3 is 5.97 Å². The summed E-state index contributed by atoms with van der Waals surface area (Å²) in [7, 11) is 0. The first kappa shape index (κ1) is 33.1. The van der Waals surface area contributed by atoms with Crippen molar-refractivity contribution in [3.63, 3.8) is 0 Å². The lowest BCUT2D eigenvalue weighted by molar-refractivity contribution is 0.0224. The number of hydrogen-bond donors (Lipinski definition) is 0. The highest BCUT2D eigenvalue weighted by molar-refractivity contribution is 6.30. The zero-order chi connectivity index (χ0) is 34.0. The number of anilines is 2. The summed E-state index contributed by atoms with van der Waals surface area (Å²) in [6.45, 7) is 7.68. The molecule has 5 nitrogen and oxygen atoms in total. The number of hydrogen-bond acceptors (Lipinski definition) is 5. The van der Waals surface area contributed by atoms with Crippen LogP contribution in [0.3, 0.4) is 0 Å². The highest BCUT2D eigenvalue weighted by atomic mass is 35.5. The van der Waals surface area contributed by atoms with Crippen molar-refractivity contribution in [3.8, 4) is 11.5 Å². The predicted molar refractivity (Wildman–Crippen MR) is 200 cm³/mol. The van der Waals surface area contributed by atoms with Crippen molar-refractivity contribution < 1.29 is 14.3 Å². The number of carbonyl (C=O) groups is 1. The number of benzene rings is 5. The second-order valence-corrected chi connectivity index (χ2v) is 13.8. The van der Waals surface area contributed by atoms with Crippen LogP contribution in [0.25, 0.3) is 0 Å². The van der Waals surface area contributed by atoms with E-state index in [2.05, 4.69) is 54.0 Å². The van der Waals surface area contributed by atoms with Crippen molar-refractivity contribution in [1.29, 1.82) is 0 Å². The van der Waals surface area contributed by atoms with Gasteiger partial charge in [-0.2, -0.15) is 0 Å². The van der Waals surface area contributed by atoms with Gasteiger partial charge in [0.05, 0.1) is 5.56 Å². The molecule has 0 saturated heterocycles. The Labute approximate surface area is 299 Å². The molecular formula is C42H40Cl2N2O3. The van der Waals surface area contributed by atoms with Gasteiger partial charge in [0.15, 0.2) is 5.60 Å². The SMILES string of the molecule is CCCCN(CCCC)c1ccc2c(c1)Oc1ccc(N(Cc3ccc(Cl)cc3)Cc3ccc(Cl)cc3)cc1C21OC(=O)c2ccccc21. The standard InChI is InChI=1S/C42H40Cl2N2O3/c1-3-5-23-45(24-6-4-2)34-19-21-37-40(26-34)48-39-22-20-33(25-38(39)42(37)36-10-8-7-9-35(36)41(47)49-42)46(27-29-11-15-31(43)16-12-29)28-30-13-17-32(44)18-14-30/h7-22,25-26H,3-6,23-24,27-28H2,1-2H3. The van der Waals surface area contributed by atoms with Crippen LogP contribution in [0, 0.1) is 0 Å². The van der Waals surface area contributed by atoms with Gasteiger partial charge in [-0.15, -0.1) is 0 Å². The van der Waals surface area contributed by atoms with Crippen LogP contribution in [0.2, 0.25) is 10.0 Å². The van der Waals surface area contributed by atoms with Crippen LogP contribution < -0.4 is 14.5 Å². The Balaban J connectivity index is 1.35. The molecule has 1 atom stereocenters. The van der Waals surface area contributed by atoms with E-state index >= 15 is 0 Å². The van der Waals surface area contributed by atoms with Gasteiger partial charge in [-0.1, -0.05) is 92.4 Å². The highest BCUT2D eigenvalue weighted by Crippen LogP contribution is 2.57. The van der Waals surface area contributed by atoms with Gasteiger partial charge in [-0.3, -0.25) is 0 Å². The zero-order valence-corrected chi connectivity index (χ0v) is 29.4. The van der Waals surface area contributed by atoms with Crippen molar-refractivity contribution in [2.45, 2.75) is 58.2 Å². The molecule has 0 N–H and O–H groups in total. The van der Waals surface area contributed by atoms with E-state index in [-0.39, 0.29) is 5.97 Å². The van der Waals surface area contributed by atoms with E-state index in [0.29, 0.717) is 40.2 Å². The molecule has 7 rings (SSSR count). The van der Waals surface area contributed by atoms with Crippen LogP contribution in [0.4, 0.5) is 11.4 Å². The maximum Gasteiger partial charge on any atom is 0.340 e. The lowest BCUT2D eigenvalue weighted by Crippen LogP contribution is -2.34. The summed E-state index contributed by atoms with van der Waals surface area (Å²) in [5.74, 6) is 1.04. The molecule has 1 spiro atoms. The number of rotatable bonds is 12. The maximum atomic E-state index is 13.6. The summed E-state index contributed by atoms with van der Waals surface area (Å²) in [6, 6.07) is 36.2. The van der Waals surface area contributed by atoms with Crippen molar-refractivity contribution >= 4 is 40.5 Å². The fourth-order valence-corrected chi connectivity index (χ4v) is 7.22. The molecule has 0 amide bonds. The Morgan fingerprint density at radius 2 is 1.20 bits per heavy atom. The smallest absolute Gasteiger partial charge is 0.340 e. The van der Waals surface area contributed by atoms with E-state index < -0.39 is 5.60 Å². The summed E-state index contributed by atoms with van der Waals surface area (Å²) in [6.07, 6.45) is 4.49. The van der Waals surface area contributed by atoms with E-state index in [4.69, 9.17) is 32.7 Å². The lowest BCUT2D eigenvalue weighted by atomic mass is 9.77. The minimum atomic E-state index is -1.16. The molecule has 5 aromatic carbocycles. The number of fused-ring (bicyclic) bond motifs is 6. The average molecular weight is 692 g/mol. The quantitative estimate of drug-likeness (QED) is 0.122. The Morgan fingerprint density at radius 3 is 1.84 bits per heavy atom. The minimum absolute atomic E-state index is 0.337. The third-order valence-corrected chi connectivity index (χ3v) is 10.0. The Kier molecular flexibility index (Phi) is 9.57. The third kappa shape index (κ3) is 6.50. The number of halogens is 2. The van der Waals surface area contributed by atoms with Gasteiger partial charge < -0.3 is 19.3 Å². The molecule has 0 aromatic heterocycles. The molecule has 2 aliphatic rings. The monoisotopic (exact) mass is 690 g/mol. The van der Waals surface area contributed by atoms with E-state index in [1.807, 2.05) is 78.9 Å². The molecule has 2 aliphatic heterocycles. The van der Waals surface area contributed by atoms with Crippen LogP contribution in [0.5, 0.6) is 11.5 Å². The van der Waals surface area contributed by atoms with Gasteiger partial charge in [0.2, 0.25) is 0 Å². The molecular weight excluding hydrogens is 651 g/mol. The summed E-state index contributed by atoms with van der Waals surface area (Å²) in [5, 5.41) is 1.39. The van der Waals surface area contributed by atoms with Crippen LogP contribution in [0.1, 0.15) is 77.7 Å². The molecule has 49 heavy (non-hydrogen) atoms. The van der Waals surface area contributed by atoms with Gasteiger partial charge in [-0.25, -0.2) is 4.79 Å². The van der Waals surface area contributed by atoms with Crippen molar-refractivity contribution in [2.75, 3.05) is 22.9 Å². The molecule has 0 radical (unpaired) electrons. The molecule has 7 heteroatoms. The van der Waals surface area contributed by atoms with Crippen molar-refractivity contribution in [2.24, 2.45) is 0 Å². The van der Waals surface area contributed by atoms with E-state index in [0.717, 1.165) is 78.0 Å². The average Bonchev–Trinajstić information content (AvgIpc) is 3.42. The molecule has 0 bridgehead atoms. The maximum absolute atomic E-state index is 13.6. The van der Waals surface area contributed by atoms with E-state index in [9.17, 15) is 4.79 Å². The van der Waals surface area contributed by atoms with Crippen LogP contribution in [0.15, 0.2) is 109 Å². The molecule has 0 fully saturated rings. The topological polar surface area (TPSA) is 42.0 Å². The number of esters is 1. The predicted octanol–water partition coefficient (Wildman–Crippen LogP) is 11.2. The number of unbranched alkanes of at least 4 members (excludes halogenated alkanes) is 2. The lowest BCUT2D eigenvalue weighted by Gasteiger charge is -2.38. The third-order valence-electron chi connectivity index (χ3n) is 9.55. The molecule has 0 saturated carbocycles. The Bertz CT molecular complexity index is 1910. The zero-order valence-electron chi connectivity index (χ0n) is 27.9. The van der Waals surface area contributed by atoms with Crippen LogP contribution >= 0.6 is 23.2 Å². The summed E-state index contributed by atoms with van der Waals surface area (Å²) >= 11 is 12.5. The number of carbonyl (C=O) groups excluding carboxylic acids is 1. The van der Waals surface area contributed by atoms with Crippen LogP contribution in [-0.2, 0) is 23.4 Å². The molecule has 5 aromatic rings. The van der Waals surface area contributed by atoms with E-state index in [1.54, 1.807) is 0 Å². The van der Waals surface area contributed by atoms with Crippen molar-refractivity contribution in [1.82, 2.24) is 0 Å². The van der Waals surface area contributed by atoms with Gasteiger partial charge in [0.25, 0.3) is 0 Å². The van der Waals surface area contributed by atoms with Gasteiger partial charge in [0.1, 0.15) is 11.5 Å². The first-order valence-corrected chi connectivity index (χ1v) is 17.9. The van der Waals surface area contributed by atoms with Crippen molar-refractivity contribution in [3.05, 3.63) is 153 Å². The van der Waals surface area contributed by atoms with E-state index in [1.165, 1.54) is 0 Å². The molecule has 1 unspecified atom stereocenters. The Hall–Kier alpha value is -4.45. The second kappa shape index (κ2) is 14.2. The Morgan fingerprint density at radius 1 is 0.612 bits per heavy atom. The first-order chi connectivity index (χ1) is 23.9. The first-order valence-electron chi connectivity index (χ1n) is 17.2. The summed E-state index contributed by atoms with van der Waals surface area (Å²) in [4.78, 5) is 18.4. The molecule has 0 aliphatic carbocycles. The van der Waals surface area contributed by atoms with Gasteiger partial charge in [0, 0.05) is 70.4 Å². The number of nitrogens with zero attached hydrogens (tertiary/aromatic N) is 2. The largest absolute Gasteiger partial charge is 0.456 e. The summed E-state index contributed by atoms with van der Waals surface area (Å²) in [5.41, 5.74) is 6.19. The normalized spacial score (nSPS) is 15.6. The minimum Gasteiger partial charge on any atom is -0.456 e. The second-order valence-electron chi connectivity index (χ2n) is 12.9. The van der Waals surface area contributed by atoms with Crippen LogP contribution in [-0.4, -0.2) is 19.1 Å². The fourth-order valence-electron chi connectivity index (χ4n) is 6.97. The number of ether oxygens (including phenoxy) is 2. The molecule has 250 valence electrons. The molecule has 2 heterocycles. The summed E-state index contributed by atoms with van der Waals surface area (Å²) < 4.78 is 13.3.